The van der Waals surface area contributed by atoms with E-state index >= 15 is 0 Å². The third-order valence-electron chi connectivity index (χ3n) is 2.49. The molecule has 27 heavy (non-hydrogen) atoms. The highest BCUT2D eigenvalue weighted by atomic mass is 32.2. The number of benzene rings is 1. The Balaban J connectivity index is 3.61. The zero-order valence-electron chi connectivity index (χ0n) is 12.6. The average molecular weight is 442 g/mol. The first-order valence-electron chi connectivity index (χ1n) is 5.96. The monoisotopic (exact) mass is 442 g/mol. The van der Waals surface area contributed by atoms with E-state index in [2.05, 4.69) is 13.1 Å². The summed E-state index contributed by atoms with van der Waals surface area (Å²) in [5.74, 6) is -4.47. The maximum absolute atomic E-state index is 12.4. The molecule has 0 bridgehead atoms. The number of alkyl halides is 6. The van der Waals surface area contributed by atoms with Gasteiger partial charge in [-0.3, -0.25) is 0 Å². The molecular formula is C10H5BF6O8S2. The van der Waals surface area contributed by atoms with Crippen LogP contribution in [0.4, 0.5) is 26.3 Å². The van der Waals surface area contributed by atoms with E-state index < -0.39 is 59.7 Å². The lowest BCUT2D eigenvalue weighted by atomic mass is 9.92. The molecule has 0 fully saturated rings. The van der Waals surface area contributed by atoms with Crippen molar-refractivity contribution in [3.8, 4) is 11.5 Å². The summed E-state index contributed by atoms with van der Waals surface area (Å²) in [5, 5.41) is 0. The van der Waals surface area contributed by atoms with E-state index in [0.29, 0.717) is 0 Å². The van der Waals surface area contributed by atoms with Gasteiger partial charge in [0.2, 0.25) is 0 Å². The van der Waals surface area contributed by atoms with Crippen molar-refractivity contribution in [1.29, 1.82) is 0 Å². The molecule has 0 saturated carbocycles. The second kappa shape index (κ2) is 7.10. The van der Waals surface area contributed by atoms with Gasteiger partial charge in [-0.05, 0) is 17.6 Å². The lowest BCUT2D eigenvalue weighted by Gasteiger charge is -2.16. The summed E-state index contributed by atoms with van der Waals surface area (Å²) >= 11 is 0. The molecule has 0 atom stereocenters. The Morgan fingerprint density at radius 3 is 1.48 bits per heavy atom. The number of rotatable bonds is 5. The summed E-state index contributed by atoms with van der Waals surface area (Å²) in [7, 11) is -6.86. The van der Waals surface area contributed by atoms with Gasteiger partial charge < -0.3 is 13.1 Å². The standard InChI is InChI=1S/C10H5BF6O8S2/c1-23-8(18)4-2-5(24-26(19,20)9(12,13)14)7(11)6(3-4)25-27(21,22)10(15,16)17/h2-3H,1H3. The predicted octanol–water partition coefficient (Wildman–Crippen LogP) is 0.724. The summed E-state index contributed by atoms with van der Waals surface area (Å²) in [6.07, 6.45) is 0. The van der Waals surface area contributed by atoms with Gasteiger partial charge in [-0.25, -0.2) is 4.79 Å². The molecule has 17 heteroatoms. The van der Waals surface area contributed by atoms with Gasteiger partial charge in [0.25, 0.3) is 0 Å². The number of esters is 1. The maximum atomic E-state index is 12.4. The maximum Gasteiger partial charge on any atom is 0.534 e. The highest BCUT2D eigenvalue weighted by Gasteiger charge is 2.50. The normalized spacial score (nSPS) is 13.1. The van der Waals surface area contributed by atoms with Crippen LogP contribution in [-0.4, -0.2) is 48.8 Å². The number of hydrogen-bond acceptors (Lipinski definition) is 8. The zero-order valence-corrected chi connectivity index (χ0v) is 14.2. The van der Waals surface area contributed by atoms with Gasteiger partial charge in [-0.2, -0.15) is 43.2 Å². The van der Waals surface area contributed by atoms with Crippen molar-refractivity contribution in [2.24, 2.45) is 0 Å². The van der Waals surface area contributed by atoms with Crippen LogP contribution >= 0.6 is 0 Å². The summed E-state index contributed by atoms with van der Waals surface area (Å²) in [5.41, 5.74) is -14.3. The Bertz CT molecular complexity index is 884. The molecule has 0 N–H and O–H groups in total. The molecule has 0 aliphatic carbocycles. The van der Waals surface area contributed by atoms with Crippen LogP contribution in [0.3, 0.4) is 0 Å². The van der Waals surface area contributed by atoms with Crippen LogP contribution in [0.5, 0.6) is 11.5 Å². The Labute approximate surface area is 148 Å². The largest absolute Gasteiger partial charge is 0.534 e. The predicted molar refractivity (Wildman–Crippen MR) is 74.4 cm³/mol. The quantitative estimate of drug-likeness (QED) is 0.216. The first kappa shape index (κ1) is 22.9. The van der Waals surface area contributed by atoms with Crippen LogP contribution in [0.15, 0.2) is 12.1 Å². The number of ether oxygens (including phenoxy) is 1. The van der Waals surface area contributed by atoms with Crippen molar-refractivity contribution in [3.05, 3.63) is 17.7 Å². The fourth-order valence-corrected chi connectivity index (χ4v) is 2.24. The SMILES string of the molecule is [B]c1c(OS(=O)(=O)C(F)(F)F)cc(C(=O)OC)cc1OS(=O)(=O)C(F)(F)F. The molecule has 0 heterocycles. The molecule has 150 valence electrons. The third-order valence-corrected chi connectivity index (χ3v) is 4.42. The molecule has 0 aromatic heterocycles. The Hall–Kier alpha value is -2.17. The molecule has 1 rings (SSSR count). The molecule has 0 spiro atoms. The van der Waals surface area contributed by atoms with Crippen LogP contribution in [0.25, 0.3) is 0 Å². The summed E-state index contributed by atoms with van der Waals surface area (Å²) in [6, 6.07) is 0.523. The minimum absolute atomic E-state index is 0.261. The van der Waals surface area contributed by atoms with Gasteiger partial charge in [0.1, 0.15) is 19.3 Å². The molecule has 2 radical (unpaired) electrons. The van der Waals surface area contributed by atoms with Gasteiger partial charge in [-0.15, -0.1) is 0 Å². The molecule has 1 aromatic carbocycles. The molecule has 0 amide bonds. The van der Waals surface area contributed by atoms with Crippen LogP contribution in [0.2, 0.25) is 0 Å². The third kappa shape index (κ3) is 4.97. The van der Waals surface area contributed by atoms with Crippen molar-refractivity contribution in [1.82, 2.24) is 0 Å². The second-order valence-electron chi connectivity index (χ2n) is 4.34. The summed E-state index contributed by atoms with van der Waals surface area (Å²) in [6.45, 7) is 0. The fourth-order valence-electron chi connectivity index (χ4n) is 1.31. The number of hydrogen-bond donors (Lipinski definition) is 0. The molecule has 0 saturated heterocycles. The van der Waals surface area contributed by atoms with E-state index in [1.807, 2.05) is 0 Å². The van der Waals surface area contributed by atoms with E-state index in [-0.39, 0.29) is 12.1 Å². The minimum atomic E-state index is -6.37. The Morgan fingerprint density at radius 2 is 1.22 bits per heavy atom. The first-order valence-corrected chi connectivity index (χ1v) is 8.78. The molecule has 8 nitrogen and oxygen atoms in total. The van der Waals surface area contributed by atoms with Crippen molar-refractivity contribution < 1.29 is 61.1 Å². The van der Waals surface area contributed by atoms with Gasteiger partial charge in [-0.1, -0.05) is 0 Å². The van der Waals surface area contributed by atoms with Gasteiger partial charge in [0.15, 0.2) is 0 Å². The van der Waals surface area contributed by atoms with Crippen molar-refractivity contribution in [2.45, 2.75) is 11.0 Å². The molecule has 0 aliphatic heterocycles. The molecule has 0 aliphatic rings. The summed E-state index contributed by atoms with van der Waals surface area (Å²) in [4.78, 5) is 11.4. The van der Waals surface area contributed by atoms with Crippen molar-refractivity contribution >= 4 is 39.5 Å². The lowest BCUT2D eigenvalue weighted by molar-refractivity contribution is -0.0502. The smallest absolute Gasteiger partial charge is 0.465 e. The van der Waals surface area contributed by atoms with Gasteiger partial charge in [0, 0.05) is 0 Å². The molecule has 0 unspecified atom stereocenters. The zero-order chi connectivity index (χ0) is 21.4. The first-order chi connectivity index (χ1) is 11.9. The van der Waals surface area contributed by atoms with Crippen LogP contribution in [0, 0.1) is 0 Å². The van der Waals surface area contributed by atoms with Crippen LogP contribution in [-0.2, 0) is 25.0 Å². The van der Waals surface area contributed by atoms with Crippen LogP contribution < -0.4 is 13.8 Å². The van der Waals surface area contributed by atoms with E-state index in [9.17, 15) is 48.0 Å². The minimum Gasteiger partial charge on any atom is -0.465 e. The Morgan fingerprint density at radius 1 is 0.889 bits per heavy atom. The van der Waals surface area contributed by atoms with Crippen molar-refractivity contribution in [3.63, 3.8) is 0 Å². The number of carbonyl (C=O) groups excluding carboxylic acids is 1. The van der Waals surface area contributed by atoms with Gasteiger partial charge in [0.05, 0.1) is 12.7 Å². The Kier molecular flexibility index (Phi) is 6.02. The van der Waals surface area contributed by atoms with Crippen LogP contribution in [0.1, 0.15) is 10.4 Å². The number of methoxy groups -OCH3 is 1. The van der Waals surface area contributed by atoms with E-state index in [4.69, 9.17) is 7.85 Å². The van der Waals surface area contributed by atoms with Crippen molar-refractivity contribution in [2.75, 3.05) is 7.11 Å². The highest BCUT2D eigenvalue weighted by Crippen LogP contribution is 2.31. The number of carbonyl (C=O) groups is 1. The van der Waals surface area contributed by atoms with E-state index in [0.717, 1.165) is 7.11 Å². The topological polar surface area (TPSA) is 113 Å². The lowest BCUT2D eigenvalue weighted by Crippen LogP contribution is -2.32. The highest BCUT2D eigenvalue weighted by molar-refractivity contribution is 7.88. The number of halogens is 6. The molecule has 1 aromatic rings. The summed E-state index contributed by atoms with van der Waals surface area (Å²) < 4.78 is 130. The second-order valence-corrected chi connectivity index (χ2v) is 7.42. The molecular weight excluding hydrogens is 437 g/mol. The van der Waals surface area contributed by atoms with E-state index in [1.165, 1.54) is 0 Å². The van der Waals surface area contributed by atoms with Gasteiger partial charge >= 0.3 is 37.2 Å². The fraction of sp³-hybridized carbons (Fsp3) is 0.300. The average Bonchev–Trinajstić information content (AvgIpc) is 2.47. The van der Waals surface area contributed by atoms with E-state index in [1.54, 1.807) is 0 Å².